The summed E-state index contributed by atoms with van der Waals surface area (Å²) in [6.07, 6.45) is 2.28. The van der Waals surface area contributed by atoms with E-state index in [-0.39, 0.29) is 6.10 Å². The second-order valence-corrected chi connectivity index (χ2v) is 6.57. The zero-order chi connectivity index (χ0) is 14.8. The smallest absolute Gasteiger partial charge is 0.231 e. The Morgan fingerprint density at radius 1 is 1.27 bits per heavy atom. The molecule has 1 aromatic carbocycles. The molecule has 5 nitrogen and oxygen atoms in total. The van der Waals surface area contributed by atoms with Gasteiger partial charge < -0.3 is 19.3 Å². The first-order chi connectivity index (χ1) is 10.7. The number of rotatable bonds is 1. The summed E-state index contributed by atoms with van der Waals surface area (Å²) in [5.74, 6) is 2.09. The van der Waals surface area contributed by atoms with Gasteiger partial charge in [-0.05, 0) is 35.3 Å². The summed E-state index contributed by atoms with van der Waals surface area (Å²) in [5, 5.41) is 10.3. The van der Waals surface area contributed by atoms with Gasteiger partial charge in [0, 0.05) is 32.2 Å². The van der Waals surface area contributed by atoms with Crippen LogP contribution in [0.1, 0.15) is 23.5 Å². The van der Waals surface area contributed by atoms with Crippen molar-refractivity contribution >= 4 is 0 Å². The van der Waals surface area contributed by atoms with E-state index in [1.165, 1.54) is 16.7 Å². The zero-order valence-electron chi connectivity index (χ0n) is 12.5. The fourth-order valence-electron chi connectivity index (χ4n) is 4.44. The Labute approximate surface area is 129 Å². The van der Waals surface area contributed by atoms with Crippen LogP contribution in [0.3, 0.4) is 0 Å². The molecular weight excluding hydrogens is 282 g/mol. The number of aliphatic hydroxyl groups is 1. The molecule has 1 fully saturated rings. The van der Waals surface area contributed by atoms with E-state index in [4.69, 9.17) is 14.2 Å². The lowest BCUT2D eigenvalue weighted by molar-refractivity contribution is -0.00476. The van der Waals surface area contributed by atoms with E-state index in [9.17, 15) is 5.11 Å². The maximum atomic E-state index is 10.3. The highest BCUT2D eigenvalue weighted by Crippen LogP contribution is 2.49. The predicted molar refractivity (Wildman–Crippen MR) is 79.0 cm³/mol. The van der Waals surface area contributed by atoms with Crippen LogP contribution in [0.2, 0.25) is 0 Å². The van der Waals surface area contributed by atoms with Crippen molar-refractivity contribution in [1.82, 2.24) is 4.90 Å². The van der Waals surface area contributed by atoms with Crippen LogP contribution in [0.4, 0.5) is 0 Å². The molecule has 1 saturated heterocycles. The third-order valence-corrected chi connectivity index (χ3v) is 5.50. The van der Waals surface area contributed by atoms with Gasteiger partial charge in [0.05, 0.1) is 6.10 Å². The highest BCUT2D eigenvalue weighted by atomic mass is 16.7. The first-order valence-corrected chi connectivity index (χ1v) is 7.83. The Hall–Kier alpha value is -1.56. The topological polar surface area (TPSA) is 51.2 Å². The van der Waals surface area contributed by atoms with Crippen molar-refractivity contribution in [3.8, 4) is 11.5 Å². The Bertz CT molecular complexity index is 671. The molecule has 5 heteroatoms. The van der Waals surface area contributed by atoms with E-state index in [2.05, 4.69) is 23.1 Å². The average molecular weight is 301 g/mol. The number of fused-ring (bicyclic) bond motifs is 8. The van der Waals surface area contributed by atoms with Gasteiger partial charge in [-0.1, -0.05) is 6.08 Å². The van der Waals surface area contributed by atoms with Crippen molar-refractivity contribution in [3.63, 3.8) is 0 Å². The SMILES string of the molecule is CO[C@@H]1C=C2[C@H]3CN(Cc4cc5c(cc43)OCO5)[C@H]2C[C@@H]1O. The van der Waals surface area contributed by atoms with Crippen molar-refractivity contribution in [2.45, 2.75) is 37.1 Å². The highest BCUT2D eigenvalue weighted by molar-refractivity contribution is 5.54. The van der Waals surface area contributed by atoms with Crippen molar-refractivity contribution < 1.29 is 19.3 Å². The monoisotopic (exact) mass is 301 g/mol. The van der Waals surface area contributed by atoms with Crippen LogP contribution in [0.5, 0.6) is 11.5 Å². The van der Waals surface area contributed by atoms with Gasteiger partial charge in [0.25, 0.3) is 0 Å². The normalized spacial score (nSPS) is 37.5. The summed E-state index contributed by atoms with van der Waals surface area (Å²) in [7, 11) is 1.67. The molecule has 0 amide bonds. The summed E-state index contributed by atoms with van der Waals surface area (Å²) < 4.78 is 16.5. The van der Waals surface area contributed by atoms with Gasteiger partial charge in [0.15, 0.2) is 11.5 Å². The molecule has 116 valence electrons. The molecule has 0 radical (unpaired) electrons. The molecule has 3 aliphatic heterocycles. The van der Waals surface area contributed by atoms with Crippen LogP contribution in [0.15, 0.2) is 23.8 Å². The first kappa shape index (κ1) is 12.9. The number of hydrogen-bond acceptors (Lipinski definition) is 5. The van der Waals surface area contributed by atoms with E-state index in [1.54, 1.807) is 7.11 Å². The number of hydrogen-bond donors (Lipinski definition) is 1. The second kappa shape index (κ2) is 4.47. The van der Waals surface area contributed by atoms with Gasteiger partial charge >= 0.3 is 0 Å². The summed E-state index contributed by atoms with van der Waals surface area (Å²) in [5.41, 5.74) is 4.06. The van der Waals surface area contributed by atoms with Gasteiger partial charge in [0.2, 0.25) is 6.79 Å². The first-order valence-electron chi connectivity index (χ1n) is 7.83. The minimum atomic E-state index is -0.419. The van der Waals surface area contributed by atoms with E-state index in [0.717, 1.165) is 31.0 Å². The molecule has 4 aliphatic rings. The van der Waals surface area contributed by atoms with E-state index >= 15 is 0 Å². The molecule has 1 aliphatic carbocycles. The lowest BCUT2D eigenvalue weighted by Gasteiger charge is -2.32. The third kappa shape index (κ3) is 1.64. The summed E-state index contributed by atoms with van der Waals surface area (Å²) in [6, 6.07) is 4.60. The van der Waals surface area contributed by atoms with Crippen molar-refractivity contribution in [2.24, 2.45) is 0 Å². The van der Waals surface area contributed by atoms with Crippen LogP contribution < -0.4 is 9.47 Å². The van der Waals surface area contributed by atoms with Crippen LogP contribution in [0.25, 0.3) is 0 Å². The molecule has 0 saturated carbocycles. The molecule has 0 aromatic heterocycles. The average Bonchev–Trinajstić information content (AvgIpc) is 3.08. The quantitative estimate of drug-likeness (QED) is 0.795. The molecule has 1 unspecified atom stereocenters. The number of nitrogens with zero attached hydrogens (tertiary/aromatic N) is 1. The van der Waals surface area contributed by atoms with Crippen LogP contribution in [-0.2, 0) is 11.3 Å². The maximum absolute atomic E-state index is 10.3. The van der Waals surface area contributed by atoms with E-state index in [1.807, 2.05) is 0 Å². The molecule has 0 spiro atoms. The van der Waals surface area contributed by atoms with Gasteiger partial charge in [-0.15, -0.1) is 0 Å². The summed E-state index contributed by atoms with van der Waals surface area (Å²) in [6.45, 7) is 2.25. The molecule has 5 atom stereocenters. The maximum Gasteiger partial charge on any atom is 0.231 e. The Kier molecular flexibility index (Phi) is 2.63. The standard InChI is InChI=1S/C17H19NO4/c1-20-15-4-11-12-7-18(13(11)5-14(15)19)6-9-2-16-17(3-10(9)12)22-8-21-16/h2-4,12-15,19H,5-8H2,1H3/t12-,13-,14-,15+/m0/s1. The van der Waals surface area contributed by atoms with Gasteiger partial charge in [-0.2, -0.15) is 0 Å². The number of benzene rings is 1. The fourth-order valence-corrected chi connectivity index (χ4v) is 4.44. The number of methoxy groups -OCH3 is 1. The van der Waals surface area contributed by atoms with Crippen LogP contribution in [-0.4, -0.2) is 48.7 Å². The van der Waals surface area contributed by atoms with Crippen molar-refractivity contribution in [1.29, 1.82) is 0 Å². The lowest BCUT2D eigenvalue weighted by atomic mass is 9.82. The number of ether oxygens (including phenoxy) is 3. The Balaban J connectivity index is 1.61. The largest absolute Gasteiger partial charge is 0.454 e. The zero-order valence-corrected chi connectivity index (χ0v) is 12.5. The Morgan fingerprint density at radius 2 is 2.09 bits per heavy atom. The second-order valence-electron chi connectivity index (χ2n) is 6.57. The molecule has 22 heavy (non-hydrogen) atoms. The van der Waals surface area contributed by atoms with Crippen molar-refractivity contribution in [3.05, 3.63) is 34.9 Å². The third-order valence-electron chi connectivity index (χ3n) is 5.50. The number of aliphatic hydroxyl groups excluding tert-OH is 1. The minimum absolute atomic E-state index is 0.190. The van der Waals surface area contributed by atoms with Crippen LogP contribution in [0, 0.1) is 0 Å². The van der Waals surface area contributed by atoms with Crippen LogP contribution >= 0.6 is 0 Å². The molecule has 1 N–H and O–H groups in total. The summed E-state index contributed by atoms with van der Waals surface area (Å²) >= 11 is 0. The molecule has 5 rings (SSSR count). The minimum Gasteiger partial charge on any atom is -0.454 e. The molecular formula is C17H19NO4. The Morgan fingerprint density at radius 3 is 2.91 bits per heavy atom. The highest BCUT2D eigenvalue weighted by Gasteiger charge is 2.46. The molecule has 2 bridgehead atoms. The summed E-state index contributed by atoms with van der Waals surface area (Å²) in [4.78, 5) is 2.47. The lowest BCUT2D eigenvalue weighted by Crippen LogP contribution is -2.40. The van der Waals surface area contributed by atoms with Gasteiger partial charge in [-0.25, -0.2) is 0 Å². The van der Waals surface area contributed by atoms with E-state index < -0.39 is 6.10 Å². The van der Waals surface area contributed by atoms with Gasteiger partial charge in [-0.3, -0.25) is 4.90 Å². The van der Waals surface area contributed by atoms with E-state index in [0.29, 0.717) is 18.8 Å². The molecule has 3 heterocycles. The predicted octanol–water partition coefficient (Wildman–Crippen LogP) is 1.40. The molecule has 1 aromatic rings. The fraction of sp³-hybridized carbons (Fsp3) is 0.529. The van der Waals surface area contributed by atoms with Gasteiger partial charge in [0.1, 0.15) is 6.10 Å². The van der Waals surface area contributed by atoms with Crippen molar-refractivity contribution in [2.75, 3.05) is 20.4 Å².